The molecule has 0 saturated heterocycles. The van der Waals surface area contributed by atoms with Crippen LogP contribution in [0.5, 0.6) is 0 Å². The van der Waals surface area contributed by atoms with Gasteiger partial charge in [-0.15, -0.1) is 0 Å². The van der Waals surface area contributed by atoms with Crippen LogP contribution >= 0.6 is 0 Å². The number of hydroxylamine groups is 1. The molecule has 0 fully saturated rings. The number of hydrogen-bond donors (Lipinski definition) is 2. The van der Waals surface area contributed by atoms with E-state index < -0.39 is 0 Å². The standard InChI is InChI=1S/C13H20N2O2/c1-2-3-4-8-11-17-15-13(16)14-12-9-6-5-7-10-12/h5-7,9-10H,2-4,8,11H2,1H3,(H2,14,15,16). The Balaban J connectivity index is 2.06. The van der Waals surface area contributed by atoms with Crippen molar-refractivity contribution < 1.29 is 9.63 Å². The van der Waals surface area contributed by atoms with E-state index in [1.54, 1.807) is 0 Å². The number of rotatable bonds is 7. The van der Waals surface area contributed by atoms with Crippen molar-refractivity contribution in [2.45, 2.75) is 32.6 Å². The van der Waals surface area contributed by atoms with Gasteiger partial charge in [-0.1, -0.05) is 44.4 Å². The topological polar surface area (TPSA) is 50.4 Å². The molecular formula is C13H20N2O2. The van der Waals surface area contributed by atoms with E-state index in [2.05, 4.69) is 17.7 Å². The molecule has 2 amide bonds. The van der Waals surface area contributed by atoms with E-state index in [0.717, 1.165) is 18.5 Å². The number of amides is 2. The average molecular weight is 236 g/mol. The molecule has 4 nitrogen and oxygen atoms in total. The number of carbonyl (C=O) groups is 1. The van der Waals surface area contributed by atoms with E-state index >= 15 is 0 Å². The lowest BCUT2D eigenvalue weighted by molar-refractivity contribution is 0.0632. The van der Waals surface area contributed by atoms with Crippen LogP contribution in [0, 0.1) is 0 Å². The van der Waals surface area contributed by atoms with Crippen molar-refractivity contribution in [3.05, 3.63) is 30.3 Å². The first-order chi connectivity index (χ1) is 8.33. The molecule has 2 N–H and O–H groups in total. The second-order valence-electron chi connectivity index (χ2n) is 3.83. The number of unbranched alkanes of at least 4 members (excludes halogenated alkanes) is 3. The quantitative estimate of drug-likeness (QED) is 0.563. The van der Waals surface area contributed by atoms with Gasteiger partial charge in [0.2, 0.25) is 0 Å². The van der Waals surface area contributed by atoms with Crippen LogP contribution < -0.4 is 10.8 Å². The first-order valence-electron chi connectivity index (χ1n) is 6.06. The molecule has 0 unspecified atom stereocenters. The first-order valence-corrected chi connectivity index (χ1v) is 6.06. The van der Waals surface area contributed by atoms with E-state index in [1.807, 2.05) is 30.3 Å². The number of hydrogen-bond acceptors (Lipinski definition) is 2. The van der Waals surface area contributed by atoms with Crippen molar-refractivity contribution in [1.82, 2.24) is 5.48 Å². The molecule has 0 bridgehead atoms. The fourth-order valence-corrected chi connectivity index (χ4v) is 1.40. The Morgan fingerprint density at radius 3 is 2.65 bits per heavy atom. The second kappa shape index (κ2) is 8.58. The molecule has 0 spiro atoms. The largest absolute Gasteiger partial charge is 0.343 e. The SMILES string of the molecule is CCCCCCONC(=O)Nc1ccccc1. The molecule has 0 aliphatic rings. The van der Waals surface area contributed by atoms with Crippen LogP contribution in [-0.4, -0.2) is 12.6 Å². The normalized spacial score (nSPS) is 9.94. The minimum atomic E-state index is -0.341. The van der Waals surface area contributed by atoms with Gasteiger partial charge in [-0.2, -0.15) is 0 Å². The Kier molecular flexibility index (Phi) is 6.82. The number of para-hydroxylation sites is 1. The third kappa shape index (κ3) is 6.58. The van der Waals surface area contributed by atoms with Crippen LogP contribution in [0.25, 0.3) is 0 Å². The van der Waals surface area contributed by atoms with Gasteiger partial charge in [0.1, 0.15) is 0 Å². The van der Waals surface area contributed by atoms with Gasteiger partial charge in [-0.3, -0.25) is 4.84 Å². The van der Waals surface area contributed by atoms with Gasteiger partial charge >= 0.3 is 6.03 Å². The molecular weight excluding hydrogens is 216 g/mol. The number of benzene rings is 1. The van der Waals surface area contributed by atoms with Gasteiger partial charge < -0.3 is 5.32 Å². The van der Waals surface area contributed by atoms with Gasteiger partial charge in [-0.25, -0.2) is 10.3 Å². The molecule has 0 radical (unpaired) electrons. The molecule has 94 valence electrons. The van der Waals surface area contributed by atoms with E-state index in [9.17, 15) is 4.79 Å². The van der Waals surface area contributed by atoms with Crippen LogP contribution in [0.4, 0.5) is 10.5 Å². The minimum Gasteiger partial charge on any atom is -0.306 e. The molecule has 17 heavy (non-hydrogen) atoms. The third-order valence-electron chi connectivity index (χ3n) is 2.30. The number of nitrogens with one attached hydrogen (secondary N) is 2. The van der Waals surface area contributed by atoms with E-state index in [1.165, 1.54) is 12.8 Å². The predicted molar refractivity (Wildman–Crippen MR) is 68.7 cm³/mol. The molecule has 4 heteroatoms. The van der Waals surface area contributed by atoms with Crippen molar-refractivity contribution >= 4 is 11.7 Å². The first kappa shape index (κ1) is 13.5. The molecule has 1 aromatic carbocycles. The number of carbonyl (C=O) groups excluding carboxylic acids is 1. The molecule has 0 saturated carbocycles. The summed E-state index contributed by atoms with van der Waals surface area (Å²) in [4.78, 5) is 16.4. The highest BCUT2D eigenvalue weighted by Gasteiger charge is 1.99. The van der Waals surface area contributed by atoms with Crippen molar-refractivity contribution in [2.24, 2.45) is 0 Å². The van der Waals surface area contributed by atoms with Crippen LogP contribution in [-0.2, 0) is 4.84 Å². The van der Waals surface area contributed by atoms with Crippen LogP contribution in [0.3, 0.4) is 0 Å². The van der Waals surface area contributed by atoms with E-state index in [-0.39, 0.29) is 6.03 Å². The van der Waals surface area contributed by atoms with E-state index in [0.29, 0.717) is 6.61 Å². The van der Waals surface area contributed by atoms with Crippen molar-refractivity contribution in [1.29, 1.82) is 0 Å². The summed E-state index contributed by atoms with van der Waals surface area (Å²) in [7, 11) is 0. The van der Waals surface area contributed by atoms with Crippen molar-refractivity contribution in [3.8, 4) is 0 Å². The van der Waals surface area contributed by atoms with Crippen LogP contribution in [0.1, 0.15) is 32.6 Å². The lowest BCUT2D eigenvalue weighted by atomic mass is 10.2. The summed E-state index contributed by atoms with van der Waals surface area (Å²) in [5.41, 5.74) is 3.11. The molecule has 0 aliphatic heterocycles. The van der Waals surface area contributed by atoms with Gasteiger partial charge in [0.25, 0.3) is 0 Å². The Morgan fingerprint density at radius 2 is 1.94 bits per heavy atom. The van der Waals surface area contributed by atoms with Crippen molar-refractivity contribution in [2.75, 3.05) is 11.9 Å². The summed E-state index contributed by atoms with van der Waals surface area (Å²) in [6.07, 6.45) is 4.51. The Hall–Kier alpha value is -1.55. The Morgan fingerprint density at radius 1 is 1.18 bits per heavy atom. The summed E-state index contributed by atoms with van der Waals surface area (Å²) in [6, 6.07) is 8.92. The van der Waals surface area contributed by atoms with Crippen LogP contribution in [0.2, 0.25) is 0 Å². The highest BCUT2D eigenvalue weighted by molar-refractivity contribution is 5.88. The maximum atomic E-state index is 11.4. The van der Waals surface area contributed by atoms with Crippen LogP contribution in [0.15, 0.2) is 30.3 Å². The van der Waals surface area contributed by atoms with E-state index in [4.69, 9.17) is 4.84 Å². The fraction of sp³-hybridized carbons (Fsp3) is 0.462. The highest BCUT2D eigenvalue weighted by atomic mass is 16.7. The smallest absolute Gasteiger partial charge is 0.306 e. The number of urea groups is 1. The third-order valence-corrected chi connectivity index (χ3v) is 2.30. The fourth-order valence-electron chi connectivity index (χ4n) is 1.40. The summed E-state index contributed by atoms with van der Waals surface area (Å²) < 4.78 is 0. The zero-order chi connectivity index (χ0) is 12.3. The monoisotopic (exact) mass is 236 g/mol. The summed E-state index contributed by atoms with van der Waals surface area (Å²) in [6.45, 7) is 2.72. The Labute approximate surface area is 102 Å². The van der Waals surface area contributed by atoms with Gasteiger partial charge in [-0.05, 0) is 18.6 Å². The lowest BCUT2D eigenvalue weighted by Crippen LogP contribution is -2.29. The number of anilines is 1. The summed E-state index contributed by atoms with van der Waals surface area (Å²) in [5, 5.41) is 2.67. The average Bonchev–Trinajstić information content (AvgIpc) is 2.35. The molecule has 0 atom stereocenters. The summed E-state index contributed by atoms with van der Waals surface area (Å²) in [5.74, 6) is 0. The van der Waals surface area contributed by atoms with Gasteiger partial charge in [0.05, 0.1) is 6.61 Å². The molecule has 1 aromatic rings. The van der Waals surface area contributed by atoms with Gasteiger partial charge in [0, 0.05) is 5.69 Å². The van der Waals surface area contributed by atoms with Crippen molar-refractivity contribution in [3.63, 3.8) is 0 Å². The zero-order valence-corrected chi connectivity index (χ0v) is 10.2. The predicted octanol–water partition coefficient (Wildman–Crippen LogP) is 3.32. The molecule has 1 rings (SSSR count). The highest BCUT2D eigenvalue weighted by Crippen LogP contribution is 2.04. The minimum absolute atomic E-state index is 0.341. The lowest BCUT2D eigenvalue weighted by Gasteiger charge is -2.07. The molecule has 0 heterocycles. The molecule has 0 aliphatic carbocycles. The second-order valence-corrected chi connectivity index (χ2v) is 3.83. The maximum absolute atomic E-state index is 11.4. The Bertz CT molecular complexity index is 314. The zero-order valence-electron chi connectivity index (χ0n) is 10.2. The molecule has 0 aromatic heterocycles. The maximum Gasteiger partial charge on any atom is 0.343 e. The van der Waals surface area contributed by atoms with Gasteiger partial charge in [0.15, 0.2) is 0 Å². The summed E-state index contributed by atoms with van der Waals surface area (Å²) >= 11 is 0.